The quantitative estimate of drug-likeness (QED) is 0.480. The Morgan fingerprint density at radius 1 is 0.895 bits per heavy atom. The summed E-state index contributed by atoms with van der Waals surface area (Å²) >= 11 is 0. The van der Waals surface area contributed by atoms with Crippen molar-refractivity contribution in [2.45, 2.75) is 51.4 Å². The summed E-state index contributed by atoms with van der Waals surface area (Å²) in [7, 11) is -1.87. The van der Waals surface area contributed by atoms with Crippen molar-refractivity contribution in [3.05, 3.63) is 29.3 Å². The van der Waals surface area contributed by atoms with Crippen LogP contribution in [0, 0.1) is 0 Å². The Kier molecular flexibility index (Phi) is 7.42. The molecule has 0 fully saturated rings. The van der Waals surface area contributed by atoms with Gasteiger partial charge in [-0.05, 0) is 34.8 Å². The smallest absolute Gasteiger partial charge is 0.889 e. The molecule has 0 amide bonds. The normalized spacial score (nSPS) is 18.6. The van der Waals surface area contributed by atoms with E-state index in [1.165, 1.54) is 11.1 Å². The van der Waals surface area contributed by atoms with Gasteiger partial charge in [0.05, 0.1) is 0 Å². The molecule has 0 radical (unpaired) electrons. The first-order valence-electron chi connectivity index (χ1n) is 6.21. The molecule has 0 atom stereocenters. The van der Waals surface area contributed by atoms with E-state index in [0.717, 1.165) is 12.8 Å². The fourth-order valence-electron chi connectivity index (χ4n) is 2.75. The fourth-order valence-corrected chi connectivity index (χ4v) is 2.75. The largest absolute Gasteiger partial charge is 1.00 e. The summed E-state index contributed by atoms with van der Waals surface area (Å²) in [6.07, 6.45) is 2.24. The van der Waals surface area contributed by atoms with Gasteiger partial charge in [0.15, 0.2) is 0 Å². The topological polar surface area (TPSA) is 46.1 Å². The summed E-state index contributed by atoms with van der Waals surface area (Å²) in [5.74, 6) is 0. The van der Waals surface area contributed by atoms with Gasteiger partial charge < -0.3 is 10.0 Å². The molecule has 2 nitrogen and oxygen atoms in total. The minimum Gasteiger partial charge on any atom is -0.889 e. The Labute approximate surface area is 161 Å². The van der Waals surface area contributed by atoms with E-state index < -0.39 is 7.12 Å². The maximum absolute atomic E-state index is 11.0. The zero-order valence-electron chi connectivity index (χ0n) is 13.0. The van der Waals surface area contributed by atoms with Crippen LogP contribution in [0.3, 0.4) is 0 Å². The van der Waals surface area contributed by atoms with Gasteiger partial charge in [-0.25, -0.2) is 0 Å². The maximum Gasteiger partial charge on any atom is 1.00 e. The van der Waals surface area contributed by atoms with Gasteiger partial charge in [0.1, 0.15) is 0 Å². The molecule has 0 heterocycles. The van der Waals surface area contributed by atoms with Gasteiger partial charge in [-0.2, -0.15) is 0 Å². The number of fused-ring (bicyclic) bond motifs is 1. The SMILES string of the molecule is CC1(C)CCC(C)(C)c2cc(B([O-])[O-])ccc21.[Na+].[Na+]. The van der Waals surface area contributed by atoms with Gasteiger partial charge in [-0.15, -0.1) is 5.46 Å². The standard InChI is InChI=1S/C14H19BO2.2Na/c1-13(2)7-8-14(3,4)12-9-10(15(16)17)5-6-11(12)13;;/h5-6,9H,7-8H2,1-4H3;;/q-2;2*+1. The predicted molar refractivity (Wildman–Crippen MR) is 67.1 cm³/mol. The summed E-state index contributed by atoms with van der Waals surface area (Å²) in [5, 5.41) is 22.1. The van der Waals surface area contributed by atoms with E-state index in [1.807, 2.05) is 12.1 Å². The van der Waals surface area contributed by atoms with E-state index in [2.05, 4.69) is 27.7 Å². The van der Waals surface area contributed by atoms with Crippen LogP contribution in [0.15, 0.2) is 18.2 Å². The predicted octanol–water partition coefficient (Wildman–Crippen LogP) is -5.54. The van der Waals surface area contributed by atoms with Crippen molar-refractivity contribution in [2.24, 2.45) is 0 Å². The molecule has 0 saturated heterocycles. The van der Waals surface area contributed by atoms with Crippen molar-refractivity contribution in [2.75, 3.05) is 0 Å². The van der Waals surface area contributed by atoms with Crippen LogP contribution in [-0.2, 0) is 10.8 Å². The molecule has 0 bridgehead atoms. The third kappa shape index (κ3) is 4.11. The second-order valence-electron chi connectivity index (χ2n) is 6.40. The summed E-state index contributed by atoms with van der Waals surface area (Å²) in [5.41, 5.74) is 3.05. The second-order valence-corrected chi connectivity index (χ2v) is 6.40. The number of benzene rings is 1. The van der Waals surface area contributed by atoms with Crippen LogP contribution in [0.2, 0.25) is 0 Å². The average Bonchev–Trinajstić information content (AvgIpc) is 2.24. The summed E-state index contributed by atoms with van der Waals surface area (Å²) in [6.45, 7) is 8.84. The van der Waals surface area contributed by atoms with Gasteiger partial charge in [-0.1, -0.05) is 53.0 Å². The van der Waals surface area contributed by atoms with Crippen LogP contribution in [0.5, 0.6) is 0 Å². The van der Waals surface area contributed by atoms with Crippen LogP contribution in [0.25, 0.3) is 0 Å². The van der Waals surface area contributed by atoms with Gasteiger partial charge >= 0.3 is 59.1 Å². The van der Waals surface area contributed by atoms with E-state index in [9.17, 15) is 10.0 Å². The van der Waals surface area contributed by atoms with Gasteiger partial charge in [0.25, 0.3) is 0 Å². The molecule has 0 unspecified atom stereocenters. The van der Waals surface area contributed by atoms with E-state index >= 15 is 0 Å². The summed E-state index contributed by atoms with van der Waals surface area (Å²) in [4.78, 5) is 0. The number of rotatable bonds is 1. The fraction of sp³-hybridized carbons (Fsp3) is 0.571. The van der Waals surface area contributed by atoms with Crippen molar-refractivity contribution >= 4 is 12.6 Å². The Bertz CT molecular complexity index is 445. The average molecular weight is 276 g/mol. The van der Waals surface area contributed by atoms with Crippen LogP contribution >= 0.6 is 0 Å². The van der Waals surface area contributed by atoms with E-state index in [1.54, 1.807) is 6.07 Å². The molecule has 2 rings (SSSR count). The molecule has 0 aromatic heterocycles. The Morgan fingerprint density at radius 2 is 1.37 bits per heavy atom. The third-order valence-corrected chi connectivity index (χ3v) is 4.15. The van der Waals surface area contributed by atoms with Crippen molar-refractivity contribution in [3.63, 3.8) is 0 Å². The molecule has 19 heavy (non-hydrogen) atoms. The van der Waals surface area contributed by atoms with Crippen LogP contribution in [0.4, 0.5) is 0 Å². The molecule has 0 aliphatic heterocycles. The molecule has 1 aromatic carbocycles. The Balaban J connectivity index is 0.00000162. The molecule has 1 aliphatic carbocycles. The molecule has 0 N–H and O–H groups in total. The zero-order valence-corrected chi connectivity index (χ0v) is 17.0. The summed E-state index contributed by atoms with van der Waals surface area (Å²) < 4.78 is 0. The van der Waals surface area contributed by atoms with Gasteiger partial charge in [0, 0.05) is 0 Å². The Hall–Kier alpha value is 1.20. The third-order valence-electron chi connectivity index (χ3n) is 4.15. The van der Waals surface area contributed by atoms with Gasteiger partial charge in [0.2, 0.25) is 0 Å². The van der Waals surface area contributed by atoms with Crippen LogP contribution in [-0.4, -0.2) is 7.12 Å². The Morgan fingerprint density at radius 3 is 1.84 bits per heavy atom. The van der Waals surface area contributed by atoms with E-state index in [4.69, 9.17) is 0 Å². The molecular formula is C14H19BNa2O2. The van der Waals surface area contributed by atoms with Crippen molar-refractivity contribution in [3.8, 4) is 0 Å². The maximum atomic E-state index is 11.0. The van der Waals surface area contributed by atoms with E-state index in [0.29, 0.717) is 5.46 Å². The van der Waals surface area contributed by atoms with E-state index in [-0.39, 0.29) is 69.9 Å². The molecule has 0 saturated carbocycles. The second kappa shape index (κ2) is 6.98. The van der Waals surface area contributed by atoms with Crippen molar-refractivity contribution < 1.29 is 69.2 Å². The monoisotopic (exact) mass is 276 g/mol. The number of hydrogen-bond donors (Lipinski definition) is 0. The molecule has 5 heteroatoms. The first kappa shape index (κ1) is 20.2. The van der Waals surface area contributed by atoms with Gasteiger partial charge in [-0.3, -0.25) is 0 Å². The zero-order chi connectivity index (χ0) is 12.8. The van der Waals surface area contributed by atoms with Crippen LogP contribution < -0.4 is 74.6 Å². The molecule has 1 aliphatic rings. The molecular weight excluding hydrogens is 257 g/mol. The van der Waals surface area contributed by atoms with Crippen LogP contribution in [0.1, 0.15) is 51.7 Å². The molecule has 0 spiro atoms. The molecule has 92 valence electrons. The first-order valence-corrected chi connectivity index (χ1v) is 6.21. The van der Waals surface area contributed by atoms with Crippen molar-refractivity contribution in [1.29, 1.82) is 0 Å². The van der Waals surface area contributed by atoms with Crippen molar-refractivity contribution in [1.82, 2.24) is 0 Å². The first-order chi connectivity index (χ1) is 7.74. The summed E-state index contributed by atoms with van der Waals surface area (Å²) in [6, 6.07) is 5.52. The minimum absolute atomic E-state index is 0. The minimum atomic E-state index is -1.87. The molecule has 1 aromatic rings. The number of hydrogen-bond acceptors (Lipinski definition) is 2.